The average molecular weight is 664 g/mol. The van der Waals surface area contributed by atoms with Crippen molar-refractivity contribution in [3.63, 3.8) is 0 Å². The highest BCUT2D eigenvalue weighted by molar-refractivity contribution is 6.04. The van der Waals surface area contributed by atoms with Crippen molar-refractivity contribution < 1.29 is 74.1 Å². The van der Waals surface area contributed by atoms with Crippen molar-refractivity contribution in [1.29, 1.82) is 0 Å². The van der Waals surface area contributed by atoms with Crippen molar-refractivity contribution in [2.45, 2.75) is 90.9 Å². The van der Waals surface area contributed by atoms with Gasteiger partial charge in [0, 0.05) is 5.69 Å². The fourth-order valence-electron chi connectivity index (χ4n) is 5.66. The van der Waals surface area contributed by atoms with Crippen LogP contribution in [-0.4, -0.2) is 163 Å². The van der Waals surface area contributed by atoms with Gasteiger partial charge in [-0.15, -0.1) is 0 Å². The number of anilines is 1. The van der Waals surface area contributed by atoms with Gasteiger partial charge in [0.1, 0.15) is 42.7 Å². The van der Waals surface area contributed by atoms with Crippen LogP contribution in [0.15, 0.2) is 30.3 Å². The zero-order chi connectivity index (χ0) is 34.1. The molecule has 4 rings (SSSR count). The molecule has 46 heavy (non-hydrogen) atoms. The fraction of sp³-hybridized carbons (Fsp3) is 0.692. The van der Waals surface area contributed by atoms with Gasteiger partial charge in [0.25, 0.3) is 11.8 Å². The monoisotopic (exact) mass is 663 g/mol. The summed E-state index contributed by atoms with van der Waals surface area (Å²) in [6.45, 7) is -3.05. The van der Waals surface area contributed by atoms with Crippen LogP contribution in [0.5, 0.6) is 0 Å². The Morgan fingerprint density at radius 3 is 1.91 bits per heavy atom. The quantitative estimate of drug-likeness (QED) is 0.110. The van der Waals surface area contributed by atoms with E-state index in [4.69, 9.17) is 46.6 Å². The Balaban J connectivity index is 1.59. The molecule has 0 bridgehead atoms. The number of aliphatic hydroxyl groups excluding tert-OH is 7. The number of para-hydroxylation sites is 1. The molecule has 17 N–H and O–H groups in total. The normalized spacial score (nSPS) is 44.8. The van der Waals surface area contributed by atoms with Gasteiger partial charge in [-0.3, -0.25) is 9.59 Å². The summed E-state index contributed by atoms with van der Waals surface area (Å²) in [6.07, 6.45) is -17.0. The second-order valence-corrected chi connectivity index (χ2v) is 11.3. The van der Waals surface area contributed by atoms with Crippen LogP contribution in [0, 0.1) is 0 Å². The highest BCUT2D eigenvalue weighted by Gasteiger charge is 2.71. The first kappa shape index (κ1) is 36.4. The first-order chi connectivity index (χ1) is 21.7. The Hall–Kier alpha value is -2.48. The predicted molar refractivity (Wildman–Crippen MR) is 149 cm³/mol. The molecule has 260 valence electrons. The molecule has 3 saturated heterocycles. The molecule has 15 atom stereocenters. The highest BCUT2D eigenvalue weighted by atomic mass is 16.7. The van der Waals surface area contributed by atoms with Crippen LogP contribution in [0.2, 0.25) is 0 Å². The summed E-state index contributed by atoms with van der Waals surface area (Å²) in [5.41, 5.74) is 17.1. The third-order valence-electron chi connectivity index (χ3n) is 8.44. The average Bonchev–Trinajstić information content (AvgIpc) is 3.04. The SMILES string of the molecule is NC(=O)[C@]1(O)[C@H](O)[C@@H](N)[C@@H](OC2[C@@H](CO)O[C@@H](OC3[C@@H](CO)O[C@@H](O)[C@H](N)[C@H]3O)[C@H](N)[C@H]2O)O[C@@]1(CO)C(=O)Nc1ccccc1. The lowest BCUT2D eigenvalue weighted by molar-refractivity contribution is -0.363. The second kappa shape index (κ2) is 14.3. The lowest BCUT2D eigenvalue weighted by Crippen LogP contribution is -2.82. The van der Waals surface area contributed by atoms with E-state index in [0.29, 0.717) is 0 Å². The maximum absolute atomic E-state index is 13.5. The van der Waals surface area contributed by atoms with Gasteiger partial charge in [0.05, 0.1) is 37.9 Å². The van der Waals surface area contributed by atoms with Crippen molar-refractivity contribution in [3.8, 4) is 0 Å². The number of amides is 2. The summed E-state index contributed by atoms with van der Waals surface area (Å²) in [7, 11) is 0. The minimum atomic E-state index is -3.31. The van der Waals surface area contributed by atoms with Crippen LogP contribution in [-0.2, 0) is 33.3 Å². The Labute approximate surface area is 261 Å². The van der Waals surface area contributed by atoms with Gasteiger partial charge in [-0.05, 0) is 12.1 Å². The topological polar surface area (TPSA) is 358 Å². The number of primary amides is 1. The van der Waals surface area contributed by atoms with E-state index in [2.05, 4.69) is 5.32 Å². The zero-order valence-corrected chi connectivity index (χ0v) is 24.3. The lowest BCUT2D eigenvalue weighted by Gasteiger charge is -2.54. The third-order valence-corrected chi connectivity index (χ3v) is 8.44. The van der Waals surface area contributed by atoms with E-state index < -0.39 is 123 Å². The molecule has 20 nitrogen and oxygen atoms in total. The number of nitrogens with two attached hydrogens (primary N) is 4. The van der Waals surface area contributed by atoms with Crippen molar-refractivity contribution >= 4 is 17.5 Å². The number of carbonyl (C=O) groups is 2. The smallest absolute Gasteiger partial charge is 0.262 e. The first-order valence-corrected chi connectivity index (χ1v) is 14.2. The van der Waals surface area contributed by atoms with Crippen LogP contribution in [0.1, 0.15) is 0 Å². The zero-order valence-electron chi connectivity index (χ0n) is 24.3. The molecule has 1 aromatic carbocycles. The highest BCUT2D eigenvalue weighted by Crippen LogP contribution is 2.40. The fourth-order valence-corrected chi connectivity index (χ4v) is 5.66. The summed E-state index contributed by atoms with van der Waals surface area (Å²) in [4.78, 5) is 26.0. The van der Waals surface area contributed by atoms with Gasteiger partial charge in [-0.2, -0.15) is 0 Å². The molecule has 0 aromatic heterocycles. The van der Waals surface area contributed by atoms with E-state index in [1.807, 2.05) is 0 Å². The number of carbonyl (C=O) groups excluding carboxylic acids is 2. The minimum absolute atomic E-state index is 0.137. The van der Waals surface area contributed by atoms with Gasteiger partial charge in [-0.25, -0.2) is 0 Å². The van der Waals surface area contributed by atoms with Crippen LogP contribution in [0.25, 0.3) is 0 Å². The lowest BCUT2D eigenvalue weighted by atomic mass is 9.72. The maximum Gasteiger partial charge on any atom is 0.262 e. The number of hydrogen-bond donors (Lipinski definition) is 13. The Bertz CT molecular complexity index is 1200. The Morgan fingerprint density at radius 1 is 0.826 bits per heavy atom. The van der Waals surface area contributed by atoms with Crippen molar-refractivity contribution in [3.05, 3.63) is 30.3 Å². The van der Waals surface area contributed by atoms with Crippen LogP contribution in [0.3, 0.4) is 0 Å². The van der Waals surface area contributed by atoms with Crippen molar-refractivity contribution in [2.24, 2.45) is 22.9 Å². The number of ether oxygens (including phenoxy) is 5. The van der Waals surface area contributed by atoms with Crippen LogP contribution in [0.4, 0.5) is 5.69 Å². The molecule has 20 heteroatoms. The van der Waals surface area contributed by atoms with Crippen molar-refractivity contribution in [1.82, 2.24) is 0 Å². The molecule has 0 aliphatic carbocycles. The van der Waals surface area contributed by atoms with Gasteiger partial charge in [0.2, 0.25) is 11.2 Å². The largest absolute Gasteiger partial charge is 0.394 e. The van der Waals surface area contributed by atoms with E-state index in [9.17, 15) is 50.4 Å². The number of benzene rings is 1. The van der Waals surface area contributed by atoms with Crippen LogP contribution < -0.4 is 28.3 Å². The Morgan fingerprint density at radius 2 is 1.37 bits per heavy atom. The second-order valence-electron chi connectivity index (χ2n) is 11.3. The molecule has 1 aromatic rings. The standard InChI is InChI=1S/C26H41N5O15/c27-12-15(35)17(10(6-32)42-20(12)38)44-21-13(28)16(36)18(11(7-33)43-21)45-22-14(29)19(37)26(41,23(30)39)25(8-34,46-22)24(40)31-9-4-2-1-3-5-9/h1-5,10-22,32-38,41H,6-8,27-29H2,(H2,30,39)(H,31,40)/t10-,11-,12-,13-,14-,15-,16-,17?,18?,19-,20-,21+,22+,25+,26-/m1/s1. The first-order valence-electron chi connectivity index (χ1n) is 14.2. The molecule has 0 radical (unpaired) electrons. The Kier molecular flexibility index (Phi) is 11.3. The summed E-state index contributed by atoms with van der Waals surface area (Å²) in [6, 6.07) is 2.83. The predicted octanol–water partition coefficient (Wildman–Crippen LogP) is -7.81. The van der Waals surface area contributed by atoms with Gasteiger partial charge < -0.3 is 92.8 Å². The molecule has 3 aliphatic heterocycles. The molecular weight excluding hydrogens is 622 g/mol. The number of nitrogens with one attached hydrogen (secondary N) is 1. The number of hydrogen-bond acceptors (Lipinski definition) is 18. The van der Waals surface area contributed by atoms with E-state index in [1.54, 1.807) is 18.2 Å². The molecule has 2 amide bonds. The summed E-state index contributed by atoms with van der Waals surface area (Å²) < 4.78 is 27.9. The molecule has 2 unspecified atom stereocenters. The van der Waals surface area contributed by atoms with E-state index in [0.717, 1.165) is 0 Å². The van der Waals surface area contributed by atoms with Crippen LogP contribution >= 0.6 is 0 Å². The van der Waals surface area contributed by atoms with Crippen molar-refractivity contribution in [2.75, 3.05) is 25.1 Å². The molecule has 3 aliphatic rings. The van der Waals surface area contributed by atoms with E-state index in [-0.39, 0.29) is 5.69 Å². The molecule has 0 saturated carbocycles. The number of aliphatic hydroxyl groups is 8. The minimum Gasteiger partial charge on any atom is -0.394 e. The maximum atomic E-state index is 13.5. The summed E-state index contributed by atoms with van der Waals surface area (Å²) in [5, 5.41) is 86.4. The summed E-state index contributed by atoms with van der Waals surface area (Å²) >= 11 is 0. The van der Waals surface area contributed by atoms with E-state index in [1.165, 1.54) is 12.1 Å². The molecular formula is C26H41N5O15. The molecule has 3 fully saturated rings. The molecule has 0 spiro atoms. The third kappa shape index (κ3) is 6.24. The molecule has 3 heterocycles. The van der Waals surface area contributed by atoms with Gasteiger partial charge in [0.15, 0.2) is 18.9 Å². The van der Waals surface area contributed by atoms with Gasteiger partial charge in [-0.1, -0.05) is 18.2 Å². The summed E-state index contributed by atoms with van der Waals surface area (Å²) in [5.74, 6) is -3.01. The van der Waals surface area contributed by atoms with E-state index >= 15 is 0 Å². The van der Waals surface area contributed by atoms with Gasteiger partial charge >= 0.3 is 0 Å². The number of rotatable bonds is 10.